The van der Waals surface area contributed by atoms with Gasteiger partial charge in [0.25, 0.3) is 0 Å². The van der Waals surface area contributed by atoms with Crippen molar-refractivity contribution >= 4 is 43.7 Å². The van der Waals surface area contributed by atoms with E-state index in [-0.39, 0.29) is 5.91 Å². The number of benzene rings is 2. The van der Waals surface area contributed by atoms with E-state index in [1.54, 1.807) is 25.4 Å². The number of hydrogen-bond acceptors (Lipinski definition) is 6. The molecule has 6 nitrogen and oxygen atoms in total. The number of hydrogen-bond donors (Lipinski definition) is 1. The molecule has 32 heavy (non-hydrogen) atoms. The molecule has 0 aliphatic heterocycles. The SMILES string of the molecule is COc1ccc(Oc2cc(C)c(-c3csc(NC(=O)c4ccnc([As])c4)n3)c(C)c2)cc1. The van der Waals surface area contributed by atoms with Crippen LogP contribution in [0, 0.1) is 13.8 Å². The zero-order valence-electron chi connectivity index (χ0n) is 17.7. The maximum absolute atomic E-state index is 12.5. The van der Waals surface area contributed by atoms with Crippen LogP contribution in [0.25, 0.3) is 11.3 Å². The van der Waals surface area contributed by atoms with Gasteiger partial charge < -0.3 is 9.47 Å². The van der Waals surface area contributed by atoms with E-state index in [1.165, 1.54) is 11.3 Å². The number of rotatable bonds is 6. The Balaban J connectivity index is 1.52. The number of nitrogens with one attached hydrogen (secondary N) is 1. The van der Waals surface area contributed by atoms with Crippen LogP contribution in [0.2, 0.25) is 0 Å². The maximum Gasteiger partial charge on any atom is -0.0156 e. The van der Waals surface area contributed by atoms with Crippen molar-refractivity contribution in [3.05, 3.63) is 76.8 Å². The fourth-order valence-electron chi connectivity index (χ4n) is 3.34. The van der Waals surface area contributed by atoms with Gasteiger partial charge in [-0.2, -0.15) is 0 Å². The first-order valence-electron chi connectivity index (χ1n) is 9.78. The van der Waals surface area contributed by atoms with Gasteiger partial charge in [-0.25, -0.2) is 0 Å². The first-order chi connectivity index (χ1) is 15.4. The molecule has 0 unspecified atom stereocenters. The van der Waals surface area contributed by atoms with E-state index in [9.17, 15) is 4.79 Å². The van der Waals surface area contributed by atoms with Gasteiger partial charge in [-0.1, -0.05) is 0 Å². The van der Waals surface area contributed by atoms with E-state index in [1.807, 2.05) is 55.6 Å². The number of nitrogens with zero attached hydrogens (tertiary/aromatic N) is 2. The van der Waals surface area contributed by atoms with E-state index in [0.29, 0.717) is 10.7 Å². The molecule has 0 fully saturated rings. The van der Waals surface area contributed by atoms with Gasteiger partial charge in [0.2, 0.25) is 0 Å². The molecule has 2 heterocycles. The van der Waals surface area contributed by atoms with Gasteiger partial charge in [-0.3, -0.25) is 0 Å². The molecule has 0 saturated carbocycles. The van der Waals surface area contributed by atoms with E-state index in [4.69, 9.17) is 9.47 Å². The van der Waals surface area contributed by atoms with Crippen LogP contribution in [0.4, 0.5) is 5.13 Å². The van der Waals surface area contributed by atoms with Gasteiger partial charge in [-0.05, 0) is 24.3 Å². The van der Waals surface area contributed by atoms with Crippen LogP contribution in [-0.4, -0.2) is 39.8 Å². The third-order valence-electron chi connectivity index (χ3n) is 4.79. The largest absolute Gasteiger partial charge is 0.0163 e. The Labute approximate surface area is 199 Å². The molecular weight excluding hydrogens is 485 g/mol. The fraction of sp³-hybridized carbons (Fsp3) is 0.125. The number of pyridine rings is 1. The summed E-state index contributed by atoms with van der Waals surface area (Å²) in [4.78, 5) is 21.2. The van der Waals surface area contributed by atoms with E-state index in [0.717, 1.165) is 44.1 Å². The third-order valence-corrected chi connectivity index (χ3v) is 6.06. The summed E-state index contributed by atoms with van der Waals surface area (Å²) in [6.07, 6.45) is 1.61. The van der Waals surface area contributed by atoms with E-state index < -0.39 is 0 Å². The van der Waals surface area contributed by atoms with Crippen molar-refractivity contribution in [1.82, 2.24) is 9.97 Å². The van der Waals surface area contributed by atoms with Crippen LogP contribution < -0.4 is 19.3 Å². The molecular formula is C24H20AsN3O3S. The second kappa shape index (κ2) is 9.55. The zero-order valence-corrected chi connectivity index (χ0v) is 20.4. The summed E-state index contributed by atoms with van der Waals surface area (Å²) < 4.78 is 11.9. The fourth-order valence-corrected chi connectivity index (χ4v) is 4.47. The Hall–Kier alpha value is -3.15. The maximum atomic E-state index is 12.5. The molecule has 2 radical (unpaired) electrons. The molecule has 0 aliphatic carbocycles. The summed E-state index contributed by atoms with van der Waals surface area (Å²) >= 11 is 3.72. The topological polar surface area (TPSA) is 73.3 Å². The first-order valence-corrected chi connectivity index (χ1v) is 11.6. The summed E-state index contributed by atoms with van der Waals surface area (Å²) in [5.41, 5.74) is 4.47. The third kappa shape index (κ3) is 5.01. The quantitative estimate of drug-likeness (QED) is 0.386. The molecule has 1 amide bonds. The van der Waals surface area contributed by atoms with Gasteiger partial charge in [-0.15, -0.1) is 0 Å². The number of ether oxygens (including phenoxy) is 2. The monoisotopic (exact) mass is 505 g/mol. The molecule has 8 heteroatoms. The van der Waals surface area contributed by atoms with Crippen molar-refractivity contribution in [2.75, 3.05) is 12.4 Å². The van der Waals surface area contributed by atoms with Gasteiger partial charge in [0.1, 0.15) is 11.5 Å². The van der Waals surface area contributed by atoms with Crippen molar-refractivity contribution in [1.29, 1.82) is 0 Å². The van der Waals surface area contributed by atoms with Gasteiger partial charge in [0, 0.05) is 0 Å². The summed E-state index contributed by atoms with van der Waals surface area (Å²) in [6, 6.07) is 14.8. The van der Waals surface area contributed by atoms with Gasteiger partial charge >= 0.3 is 147 Å². The van der Waals surface area contributed by atoms with Crippen LogP contribution >= 0.6 is 11.3 Å². The predicted octanol–water partition coefficient (Wildman–Crippen LogP) is 4.67. The number of thiazole rings is 1. The van der Waals surface area contributed by atoms with E-state index >= 15 is 0 Å². The van der Waals surface area contributed by atoms with Crippen LogP contribution in [0.15, 0.2) is 60.1 Å². The standard InChI is InChI=1S/C24H20AsN3O3S/c1-14-10-19(31-18-6-4-17(30-3)5-7-18)11-15(2)22(14)20-13-32-24(27-20)28-23(29)16-8-9-26-21(25)12-16/h4-13H,1-3H3,(H,27,28,29). The minimum atomic E-state index is -0.211. The Morgan fingerprint density at radius 1 is 1.00 bits per heavy atom. The minimum absolute atomic E-state index is 0.211. The molecule has 0 saturated heterocycles. The van der Waals surface area contributed by atoms with Gasteiger partial charge in [0.05, 0.1) is 7.11 Å². The summed E-state index contributed by atoms with van der Waals surface area (Å²) in [5.74, 6) is 2.06. The summed E-state index contributed by atoms with van der Waals surface area (Å²) in [6.45, 7) is 4.05. The van der Waals surface area contributed by atoms with Crippen molar-refractivity contribution in [3.8, 4) is 28.5 Å². The molecule has 0 bridgehead atoms. The van der Waals surface area contributed by atoms with Crippen LogP contribution in [0.1, 0.15) is 21.5 Å². The Morgan fingerprint density at radius 2 is 1.69 bits per heavy atom. The van der Waals surface area contributed by atoms with Crippen molar-refractivity contribution in [2.45, 2.75) is 13.8 Å². The summed E-state index contributed by atoms with van der Waals surface area (Å²) in [7, 11) is 1.63. The first kappa shape index (κ1) is 22.1. The number of carbonyl (C=O) groups is 1. The molecule has 0 aliphatic rings. The Kier molecular flexibility index (Phi) is 6.58. The molecule has 4 rings (SSSR count). The Morgan fingerprint density at radius 3 is 2.34 bits per heavy atom. The molecule has 160 valence electrons. The second-order valence-corrected chi connectivity index (χ2v) is 8.92. The molecule has 4 aromatic rings. The van der Waals surface area contributed by atoms with Crippen LogP contribution in [0.5, 0.6) is 17.2 Å². The zero-order chi connectivity index (χ0) is 22.7. The molecule has 0 spiro atoms. The number of anilines is 1. The van der Waals surface area contributed by atoms with Crippen molar-refractivity contribution in [2.24, 2.45) is 0 Å². The van der Waals surface area contributed by atoms with Crippen molar-refractivity contribution in [3.63, 3.8) is 0 Å². The molecule has 2 aromatic carbocycles. The smallest absolute Gasteiger partial charge is 0.0156 e. The minimum Gasteiger partial charge on any atom is -0.0163 e. The number of aryl methyl sites for hydroxylation is 2. The van der Waals surface area contributed by atoms with E-state index in [2.05, 4.69) is 32.1 Å². The second-order valence-electron chi connectivity index (χ2n) is 7.10. The average Bonchev–Trinajstić information content (AvgIpc) is 3.21. The normalized spacial score (nSPS) is 10.6. The molecule has 1 N–H and O–H groups in total. The molecule has 2 aromatic heterocycles. The van der Waals surface area contributed by atoms with Crippen molar-refractivity contribution < 1.29 is 14.3 Å². The predicted molar refractivity (Wildman–Crippen MR) is 128 cm³/mol. The van der Waals surface area contributed by atoms with Gasteiger partial charge in [0.15, 0.2) is 0 Å². The van der Waals surface area contributed by atoms with Crippen LogP contribution in [0.3, 0.4) is 0 Å². The molecule has 0 atom stereocenters. The Bertz CT molecular complexity index is 1250. The number of aromatic nitrogens is 2. The summed E-state index contributed by atoms with van der Waals surface area (Å²) in [5, 5.41) is 5.36. The number of carbonyl (C=O) groups excluding carboxylic acids is 1. The average molecular weight is 505 g/mol. The van der Waals surface area contributed by atoms with Crippen LogP contribution in [-0.2, 0) is 0 Å². The number of amides is 1. The number of methoxy groups -OCH3 is 1.